The second-order valence-electron chi connectivity index (χ2n) is 8.68. The molecule has 0 saturated carbocycles. The highest BCUT2D eigenvalue weighted by atomic mass is 32.2. The Morgan fingerprint density at radius 1 is 0.529 bits per heavy atom. The Hall–Kier alpha value is -3.95. The van der Waals surface area contributed by atoms with Gasteiger partial charge >= 0.3 is 0 Å². The van der Waals surface area contributed by atoms with Gasteiger partial charge in [0.25, 0.3) is 0 Å². The lowest BCUT2D eigenvalue weighted by molar-refractivity contribution is 0.597. The number of hydrogen-bond donors (Lipinski definition) is 0. The van der Waals surface area contributed by atoms with Crippen molar-refractivity contribution in [3.05, 3.63) is 121 Å². The minimum absolute atomic E-state index is 0.310. The number of sulfone groups is 1. The lowest BCUT2D eigenvalue weighted by Gasteiger charge is -2.18. The Labute approximate surface area is 199 Å². The summed E-state index contributed by atoms with van der Waals surface area (Å²) in [5, 5.41) is 5.46. The summed E-state index contributed by atoms with van der Waals surface area (Å²) in [6.07, 6.45) is 0. The molecule has 164 valence electrons. The average Bonchev–Trinajstić information content (AvgIpc) is 2.86. The van der Waals surface area contributed by atoms with Crippen LogP contribution < -0.4 is 0 Å². The SMILES string of the molecule is Cc1ccc(S(=O)(=O)c2c3ccccc3c(-c3ccccc3)c3cc4ccccc4cc23)cc1. The second-order valence-corrected chi connectivity index (χ2v) is 10.6. The van der Waals surface area contributed by atoms with Crippen LogP contribution in [0.1, 0.15) is 5.56 Å². The highest BCUT2D eigenvalue weighted by Gasteiger charge is 2.26. The summed E-state index contributed by atoms with van der Waals surface area (Å²) in [7, 11) is -3.78. The Balaban J connectivity index is 1.85. The lowest BCUT2D eigenvalue weighted by Crippen LogP contribution is -2.05. The van der Waals surface area contributed by atoms with Crippen molar-refractivity contribution in [1.82, 2.24) is 0 Å². The normalized spacial score (nSPS) is 11.9. The van der Waals surface area contributed by atoms with E-state index in [0.717, 1.165) is 49.0 Å². The number of hydrogen-bond acceptors (Lipinski definition) is 2. The van der Waals surface area contributed by atoms with E-state index in [1.807, 2.05) is 85.8 Å². The first kappa shape index (κ1) is 20.6. The Morgan fingerprint density at radius 2 is 1.09 bits per heavy atom. The van der Waals surface area contributed by atoms with Crippen molar-refractivity contribution in [3.63, 3.8) is 0 Å². The van der Waals surface area contributed by atoms with Gasteiger partial charge in [-0.2, -0.15) is 0 Å². The molecule has 0 amide bonds. The first-order chi connectivity index (χ1) is 16.5. The van der Waals surface area contributed by atoms with Crippen molar-refractivity contribution in [2.75, 3.05) is 0 Å². The number of benzene rings is 6. The van der Waals surface area contributed by atoms with E-state index in [0.29, 0.717) is 9.79 Å². The summed E-state index contributed by atoms with van der Waals surface area (Å²) >= 11 is 0. The molecule has 3 heteroatoms. The maximum absolute atomic E-state index is 14.2. The minimum atomic E-state index is -3.78. The van der Waals surface area contributed by atoms with Crippen LogP contribution in [0.4, 0.5) is 0 Å². The first-order valence-electron chi connectivity index (χ1n) is 11.3. The molecule has 0 unspecified atom stereocenters. The van der Waals surface area contributed by atoms with E-state index in [1.54, 1.807) is 12.1 Å². The van der Waals surface area contributed by atoms with E-state index in [2.05, 4.69) is 24.3 Å². The number of fused-ring (bicyclic) bond motifs is 3. The molecular formula is C31H22O2S. The molecular weight excluding hydrogens is 436 g/mol. The monoisotopic (exact) mass is 458 g/mol. The van der Waals surface area contributed by atoms with Gasteiger partial charge in [-0.1, -0.05) is 96.6 Å². The molecule has 0 aliphatic rings. The molecule has 34 heavy (non-hydrogen) atoms. The van der Waals surface area contributed by atoms with Gasteiger partial charge < -0.3 is 0 Å². The molecule has 6 aromatic carbocycles. The summed E-state index contributed by atoms with van der Waals surface area (Å²) in [5.41, 5.74) is 3.15. The fourth-order valence-corrected chi connectivity index (χ4v) is 6.52. The topological polar surface area (TPSA) is 34.1 Å². The smallest absolute Gasteiger partial charge is 0.207 e. The zero-order valence-electron chi connectivity index (χ0n) is 18.7. The van der Waals surface area contributed by atoms with Gasteiger partial charge in [0.15, 0.2) is 0 Å². The molecule has 0 spiro atoms. The highest BCUT2D eigenvalue weighted by Crippen LogP contribution is 2.44. The first-order valence-corrected chi connectivity index (χ1v) is 12.8. The highest BCUT2D eigenvalue weighted by molar-refractivity contribution is 7.92. The summed E-state index contributed by atoms with van der Waals surface area (Å²) in [4.78, 5) is 0.678. The van der Waals surface area contributed by atoms with E-state index in [-0.39, 0.29) is 0 Å². The van der Waals surface area contributed by atoms with Crippen LogP contribution >= 0.6 is 0 Å². The molecule has 2 nitrogen and oxygen atoms in total. The molecule has 0 N–H and O–H groups in total. The van der Waals surface area contributed by atoms with E-state index < -0.39 is 9.84 Å². The third-order valence-electron chi connectivity index (χ3n) is 6.50. The second kappa shape index (κ2) is 7.82. The Kier molecular flexibility index (Phi) is 4.75. The minimum Gasteiger partial charge on any atom is -0.218 e. The van der Waals surface area contributed by atoms with Crippen LogP contribution in [-0.2, 0) is 9.84 Å². The van der Waals surface area contributed by atoms with Crippen molar-refractivity contribution in [1.29, 1.82) is 0 Å². The Bertz CT molecular complexity index is 1800. The van der Waals surface area contributed by atoms with Gasteiger partial charge in [-0.15, -0.1) is 0 Å². The summed E-state index contributed by atoms with van der Waals surface area (Å²) in [6.45, 7) is 1.96. The standard InChI is InChI=1S/C31H22O2S/c1-21-15-17-25(18-16-21)34(32,33)31-27-14-8-7-13-26(27)30(22-9-3-2-4-10-22)28-19-23-11-5-6-12-24(23)20-29(28)31/h2-20H,1H3. The molecule has 0 aliphatic carbocycles. The van der Waals surface area contributed by atoms with Gasteiger partial charge in [0, 0.05) is 10.8 Å². The van der Waals surface area contributed by atoms with Gasteiger partial charge in [0.05, 0.1) is 9.79 Å². The van der Waals surface area contributed by atoms with Crippen molar-refractivity contribution < 1.29 is 8.42 Å². The number of rotatable bonds is 3. The quantitative estimate of drug-likeness (QED) is 0.252. The lowest BCUT2D eigenvalue weighted by atomic mass is 9.90. The van der Waals surface area contributed by atoms with Crippen LogP contribution in [0.15, 0.2) is 125 Å². The summed E-state index contributed by atoms with van der Waals surface area (Å²) in [5.74, 6) is 0. The van der Waals surface area contributed by atoms with Crippen LogP contribution in [0, 0.1) is 6.92 Å². The third-order valence-corrected chi connectivity index (χ3v) is 8.37. The fraction of sp³-hybridized carbons (Fsp3) is 0.0323. The average molecular weight is 459 g/mol. The van der Waals surface area contributed by atoms with Crippen LogP contribution in [0.3, 0.4) is 0 Å². The Morgan fingerprint density at radius 3 is 1.76 bits per heavy atom. The van der Waals surface area contributed by atoms with Crippen molar-refractivity contribution in [3.8, 4) is 11.1 Å². The molecule has 0 atom stereocenters. The molecule has 0 bridgehead atoms. The zero-order chi connectivity index (χ0) is 23.3. The van der Waals surface area contributed by atoms with Gasteiger partial charge in [-0.05, 0) is 63.9 Å². The zero-order valence-corrected chi connectivity index (χ0v) is 19.5. The molecule has 0 aromatic heterocycles. The summed E-state index contributed by atoms with van der Waals surface area (Å²) in [6, 6.07) is 37.5. The van der Waals surface area contributed by atoms with Gasteiger partial charge in [-0.3, -0.25) is 0 Å². The van der Waals surface area contributed by atoms with Crippen molar-refractivity contribution >= 4 is 42.2 Å². The third kappa shape index (κ3) is 3.20. The molecule has 0 fully saturated rings. The largest absolute Gasteiger partial charge is 0.218 e. The maximum Gasteiger partial charge on any atom is 0.207 e. The van der Waals surface area contributed by atoms with Crippen molar-refractivity contribution in [2.45, 2.75) is 16.7 Å². The van der Waals surface area contributed by atoms with Gasteiger partial charge in [0.1, 0.15) is 0 Å². The van der Waals surface area contributed by atoms with Crippen molar-refractivity contribution in [2.24, 2.45) is 0 Å². The molecule has 0 saturated heterocycles. The van der Waals surface area contributed by atoms with Crippen LogP contribution in [0.5, 0.6) is 0 Å². The van der Waals surface area contributed by atoms with E-state index >= 15 is 0 Å². The van der Waals surface area contributed by atoms with E-state index in [9.17, 15) is 8.42 Å². The van der Waals surface area contributed by atoms with Gasteiger partial charge in [-0.25, -0.2) is 8.42 Å². The van der Waals surface area contributed by atoms with Crippen LogP contribution in [0.25, 0.3) is 43.4 Å². The van der Waals surface area contributed by atoms with Crippen LogP contribution in [0.2, 0.25) is 0 Å². The van der Waals surface area contributed by atoms with Gasteiger partial charge in [0.2, 0.25) is 9.84 Å². The van der Waals surface area contributed by atoms with Crippen LogP contribution in [-0.4, -0.2) is 8.42 Å². The predicted molar refractivity (Wildman–Crippen MR) is 141 cm³/mol. The molecule has 6 rings (SSSR count). The van der Waals surface area contributed by atoms with E-state index in [4.69, 9.17) is 0 Å². The number of aryl methyl sites for hydroxylation is 1. The predicted octanol–water partition coefficient (Wildman–Crippen LogP) is 7.95. The van der Waals surface area contributed by atoms with E-state index in [1.165, 1.54) is 0 Å². The maximum atomic E-state index is 14.2. The molecule has 0 radical (unpaired) electrons. The molecule has 6 aromatic rings. The summed E-state index contributed by atoms with van der Waals surface area (Å²) < 4.78 is 28.3. The molecule has 0 heterocycles. The molecule has 0 aliphatic heterocycles. The fourth-order valence-electron chi connectivity index (χ4n) is 4.86.